The highest BCUT2D eigenvalue weighted by Crippen LogP contribution is 2.31. The van der Waals surface area contributed by atoms with E-state index in [1.165, 1.54) is 19.2 Å². The highest BCUT2D eigenvalue weighted by atomic mass is 16.6. The lowest BCUT2D eigenvalue weighted by molar-refractivity contribution is -0.187. The molecule has 1 aliphatic heterocycles. The predicted molar refractivity (Wildman–Crippen MR) is 59.7 cm³/mol. The molecule has 1 aliphatic rings. The SMILES string of the molecule is COCc1ccc(C2(O)C(=O)CCC(O)OC2=O)o1. The Bertz CT molecular complexity index is 492. The maximum Gasteiger partial charge on any atom is 0.356 e. The molecule has 0 spiro atoms. The van der Waals surface area contributed by atoms with E-state index >= 15 is 0 Å². The van der Waals surface area contributed by atoms with E-state index in [1.54, 1.807) is 0 Å². The van der Waals surface area contributed by atoms with Crippen LogP contribution in [-0.2, 0) is 31.3 Å². The van der Waals surface area contributed by atoms with E-state index in [9.17, 15) is 19.8 Å². The molecule has 2 N–H and O–H groups in total. The summed E-state index contributed by atoms with van der Waals surface area (Å²) < 4.78 is 14.6. The third kappa shape index (κ3) is 2.40. The first-order chi connectivity index (χ1) is 8.98. The summed E-state index contributed by atoms with van der Waals surface area (Å²) in [5.74, 6) is -1.88. The zero-order valence-electron chi connectivity index (χ0n) is 10.3. The van der Waals surface area contributed by atoms with Gasteiger partial charge in [0, 0.05) is 20.0 Å². The lowest BCUT2D eigenvalue weighted by atomic mass is 9.93. The van der Waals surface area contributed by atoms with Crippen LogP contribution < -0.4 is 0 Å². The van der Waals surface area contributed by atoms with Gasteiger partial charge in [-0.15, -0.1) is 0 Å². The topological polar surface area (TPSA) is 106 Å². The number of hydrogen-bond acceptors (Lipinski definition) is 7. The minimum Gasteiger partial charge on any atom is -0.459 e. The number of rotatable bonds is 3. The molecule has 2 unspecified atom stereocenters. The van der Waals surface area contributed by atoms with Crippen molar-refractivity contribution >= 4 is 11.8 Å². The summed E-state index contributed by atoms with van der Waals surface area (Å²) in [4.78, 5) is 23.7. The molecule has 19 heavy (non-hydrogen) atoms. The first-order valence-corrected chi connectivity index (χ1v) is 5.71. The van der Waals surface area contributed by atoms with E-state index in [0.717, 1.165) is 0 Å². The highest BCUT2D eigenvalue weighted by molar-refractivity contribution is 6.07. The predicted octanol–water partition coefficient (Wildman–Crippen LogP) is -0.162. The average molecular weight is 270 g/mol. The molecule has 104 valence electrons. The summed E-state index contributed by atoms with van der Waals surface area (Å²) in [7, 11) is 1.46. The Morgan fingerprint density at radius 2 is 2.21 bits per heavy atom. The van der Waals surface area contributed by atoms with E-state index in [-0.39, 0.29) is 25.2 Å². The van der Waals surface area contributed by atoms with Crippen LogP contribution in [0.3, 0.4) is 0 Å². The van der Waals surface area contributed by atoms with Crippen molar-refractivity contribution in [2.24, 2.45) is 0 Å². The van der Waals surface area contributed by atoms with Gasteiger partial charge < -0.3 is 24.1 Å². The second-order valence-electron chi connectivity index (χ2n) is 4.23. The number of aliphatic hydroxyl groups is 2. The van der Waals surface area contributed by atoms with Gasteiger partial charge in [-0.05, 0) is 12.1 Å². The van der Waals surface area contributed by atoms with Crippen LogP contribution in [0.4, 0.5) is 0 Å². The largest absolute Gasteiger partial charge is 0.459 e. The summed E-state index contributed by atoms with van der Waals surface area (Å²) in [6.45, 7) is 0.141. The summed E-state index contributed by atoms with van der Waals surface area (Å²) in [6.07, 6.45) is -1.65. The lowest BCUT2D eigenvalue weighted by Gasteiger charge is -2.19. The maximum absolute atomic E-state index is 11.9. The quantitative estimate of drug-likeness (QED) is 0.580. The van der Waals surface area contributed by atoms with Crippen molar-refractivity contribution in [1.82, 2.24) is 0 Å². The third-order valence-corrected chi connectivity index (χ3v) is 2.87. The van der Waals surface area contributed by atoms with Gasteiger partial charge in [-0.25, -0.2) is 4.79 Å². The van der Waals surface area contributed by atoms with Crippen LogP contribution in [-0.4, -0.2) is 35.4 Å². The van der Waals surface area contributed by atoms with E-state index in [1.807, 2.05) is 0 Å². The molecule has 0 aromatic carbocycles. The summed E-state index contributed by atoms with van der Waals surface area (Å²) in [6, 6.07) is 2.80. The van der Waals surface area contributed by atoms with Crippen molar-refractivity contribution in [2.45, 2.75) is 31.3 Å². The molecule has 1 fully saturated rings. The van der Waals surface area contributed by atoms with Gasteiger partial charge in [-0.2, -0.15) is 0 Å². The Hall–Kier alpha value is -1.70. The molecule has 2 rings (SSSR count). The molecule has 1 aromatic heterocycles. The van der Waals surface area contributed by atoms with Gasteiger partial charge in [-0.3, -0.25) is 4.79 Å². The molecule has 1 aromatic rings. The molecule has 0 radical (unpaired) electrons. The Morgan fingerprint density at radius 1 is 1.47 bits per heavy atom. The molecule has 0 aliphatic carbocycles. The van der Waals surface area contributed by atoms with Crippen LogP contribution in [0.2, 0.25) is 0 Å². The number of ketones is 1. The molecule has 0 saturated carbocycles. The van der Waals surface area contributed by atoms with Gasteiger partial charge in [0.2, 0.25) is 6.29 Å². The third-order valence-electron chi connectivity index (χ3n) is 2.87. The lowest BCUT2D eigenvalue weighted by Crippen LogP contribution is -2.43. The van der Waals surface area contributed by atoms with Gasteiger partial charge in [0.05, 0.1) is 0 Å². The van der Waals surface area contributed by atoms with Crippen LogP contribution in [0.15, 0.2) is 16.5 Å². The number of furan rings is 1. The standard InChI is InChI=1S/C12H14O7/c1-17-6-7-2-4-9(18-7)12(16)8(13)3-5-10(14)19-11(12)15/h2,4,10,14,16H,3,5-6H2,1H3. The molecule has 7 nitrogen and oxygen atoms in total. The summed E-state index contributed by atoms with van der Waals surface area (Å²) in [5.41, 5.74) is -2.51. The molecular weight excluding hydrogens is 256 g/mol. The van der Waals surface area contributed by atoms with Crippen molar-refractivity contribution < 1.29 is 33.7 Å². The normalized spacial score (nSPS) is 28.1. The van der Waals surface area contributed by atoms with Gasteiger partial charge in [-0.1, -0.05) is 0 Å². The molecule has 1 saturated heterocycles. The molecule has 0 amide bonds. The minimum atomic E-state index is -2.51. The van der Waals surface area contributed by atoms with Crippen LogP contribution in [0.1, 0.15) is 24.4 Å². The molecule has 2 atom stereocenters. The van der Waals surface area contributed by atoms with E-state index < -0.39 is 23.6 Å². The smallest absolute Gasteiger partial charge is 0.356 e. The fraction of sp³-hybridized carbons (Fsp3) is 0.500. The number of Topliss-reactive ketones (excluding diaryl/α,β-unsaturated/α-hetero) is 1. The fourth-order valence-corrected chi connectivity index (χ4v) is 1.85. The fourth-order valence-electron chi connectivity index (χ4n) is 1.85. The van der Waals surface area contributed by atoms with Gasteiger partial charge in [0.15, 0.2) is 11.5 Å². The maximum atomic E-state index is 11.9. The number of carbonyl (C=O) groups is 2. The van der Waals surface area contributed by atoms with E-state index in [0.29, 0.717) is 5.76 Å². The van der Waals surface area contributed by atoms with Crippen molar-refractivity contribution in [2.75, 3.05) is 7.11 Å². The zero-order chi connectivity index (χ0) is 14.0. The van der Waals surface area contributed by atoms with Crippen LogP contribution in [0.25, 0.3) is 0 Å². The van der Waals surface area contributed by atoms with Crippen molar-refractivity contribution in [1.29, 1.82) is 0 Å². The number of esters is 1. The van der Waals surface area contributed by atoms with Crippen molar-refractivity contribution in [3.8, 4) is 0 Å². The summed E-state index contributed by atoms with van der Waals surface area (Å²) >= 11 is 0. The number of aliphatic hydroxyl groups excluding tert-OH is 1. The summed E-state index contributed by atoms with van der Waals surface area (Å²) in [5, 5.41) is 19.6. The zero-order valence-corrected chi connectivity index (χ0v) is 10.3. The Balaban J connectivity index is 2.36. The monoisotopic (exact) mass is 270 g/mol. The molecule has 7 heteroatoms. The number of ether oxygens (including phenoxy) is 2. The van der Waals surface area contributed by atoms with Crippen LogP contribution in [0, 0.1) is 0 Å². The van der Waals surface area contributed by atoms with Gasteiger partial charge in [0.1, 0.15) is 12.4 Å². The Morgan fingerprint density at radius 3 is 2.89 bits per heavy atom. The Labute approximate surface area is 108 Å². The van der Waals surface area contributed by atoms with Gasteiger partial charge in [0.25, 0.3) is 5.60 Å². The number of hydrogen-bond donors (Lipinski definition) is 2. The number of methoxy groups -OCH3 is 1. The number of cyclic esters (lactones) is 1. The van der Waals surface area contributed by atoms with Crippen LogP contribution >= 0.6 is 0 Å². The Kier molecular flexibility index (Phi) is 3.70. The second-order valence-corrected chi connectivity index (χ2v) is 4.23. The van der Waals surface area contributed by atoms with E-state index in [2.05, 4.69) is 4.74 Å². The van der Waals surface area contributed by atoms with Crippen molar-refractivity contribution in [3.63, 3.8) is 0 Å². The van der Waals surface area contributed by atoms with Crippen LogP contribution in [0.5, 0.6) is 0 Å². The second kappa shape index (κ2) is 5.12. The molecule has 0 bridgehead atoms. The number of carbonyl (C=O) groups excluding carboxylic acids is 2. The van der Waals surface area contributed by atoms with Crippen molar-refractivity contribution in [3.05, 3.63) is 23.7 Å². The molecule has 2 heterocycles. The average Bonchev–Trinajstić information content (AvgIpc) is 2.80. The minimum absolute atomic E-state index is 0.0570. The molecular formula is C12H14O7. The van der Waals surface area contributed by atoms with E-state index in [4.69, 9.17) is 9.15 Å². The van der Waals surface area contributed by atoms with Gasteiger partial charge >= 0.3 is 5.97 Å². The first-order valence-electron chi connectivity index (χ1n) is 5.71. The highest BCUT2D eigenvalue weighted by Gasteiger charge is 2.52. The first kappa shape index (κ1) is 13.7.